The molecule has 0 aliphatic heterocycles. The van der Waals surface area contributed by atoms with Gasteiger partial charge in [0.1, 0.15) is 12.4 Å². The zero-order valence-corrected chi connectivity index (χ0v) is 14.3. The van der Waals surface area contributed by atoms with Gasteiger partial charge >= 0.3 is 0 Å². The number of nitrogens with one attached hydrogen (secondary N) is 1. The second kappa shape index (κ2) is 8.32. The predicted molar refractivity (Wildman–Crippen MR) is 94.2 cm³/mol. The lowest BCUT2D eigenvalue weighted by molar-refractivity contribution is -0.113. The van der Waals surface area contributed by atoms with Crippen molar-refractivity contribution >= 4 is 46.6 Å². The van der Waals surface area contributed by atoms with Crippen LogP contribution in [0.15, 0.2) is 42.5 Å². The highest BCUT2D eigenvalue weighted by atomic mass is 35.5. The number of hydrogen-bond acceptors (Lipinski definition) is 3. The van der Waals surface area contributed by atoms with E-state index in [1.54, 1.807) is 42.5 Å². The summed E-state index contributed by atoms with van der Waals surface area (Å²) in [5.41, 5.74) is 1.49. The van der Waals surface area contributed by atoms with Crippen LogP contribution >= 0.6 is 35.0 Å². The van der Waals surface area contributed by atoms with Gasteiger partial charge in [-0.25, -0.2) is 0 Å². The molecule has 0 aliphatic rings. The van der Waals surface area contributed by atoms with E-state index in [0.29, 0.717) is 21.5 Å². The molecule has 116 valence electrons. The number of amides is 1. The standard InChI is InChI=1S/C16H15Cl2NO2S/c1-22-10-16(20)19-11-5-7-12(8-6-11)21-9-13-14(17)3-2-4-15(13)18/h2-8H,9-10H2,1H3,(H,19,20). The van der Waals surface area contributed by atoms with E-state index in [1.165, 1.54) is 11.8 Å². The number of carbonyl (C=O) groups is 1. The highest BCUT2D eigenvalue weighted by molar-refractivity contribution is 7.99. The first-order valence-corrected chi connectivity index (χ1v) is 8.69. The number of carbonyl (C=O) groups excluding carboxylic acids is 1. The fraction of sp³-hybridized carbons (Fsp3) is 0.188. The molecule has 0 atom stereocenters. The van der Waals surface area contributed by atoms with Gasteiger partial charge in [-0.15, -0.1) is 0 Å². The molecule has 1 N–H and O–H groups in total. The molecule has 2 aromatic carbocycles. The predicted octanol–water partition coefficient (Wildman–Crippen LogP) is 4.87. The first-order valence-electron chi connectivity index (χ1n) is 6.54. The largest absolute Gasteiger partial charge is 0.489 e. The summed E-state index contributed by atoms with van der Waals surface area (Å²) >= 11 is 13.7. The van der Waals surface area contributed by atoms with Crippen LogP contribution < -0.4 is 10.1 Å². The SMILES string of the molecule is CSCC(=O)Nc1ccc(OCc2c(Cl)cccc2Cl)cc1. The number of ether oxygens (including phenoxy) is 1. The fourth-order valence-electron chi connectivity index (χ4n) is 1.79. The molecule has 22 heavy (non-hydrogen) atoms. The molecule has 0 saturated carbocycles. The van der Waals surface area contributed by atoms with Crippen molar-refractivity contribution in [1.82, 2.24) is 0 Å². The molecule has 0 saturated heterocycles. The summed E-state index contributed by atoms with van der Waals surface area (Å²) in [7, 11) is 0. The van der Waals surface area contributed by atoms with Crippen LogP contribution in [0, 0.1) is 0 Å². The van der Waals surface area contributed by atoms with Gasteiger partial charge in [-0.1, -0.05) is 29.3 Å². The van der Waals surface area contributed by atoms with Crippen LogP contribution in [-0.2, 0) is 11.4 Å². The molecule has 3 nitrogen and oxygen atoms in total. The monoisotopic (exact) mass is 355 g/mol. The van der Waals surface area contributed by atoms with Gasteiger partial charge in [0.2, 0.25) is 5.91 Å². The lowest BCUT2D eigenvalue weighted by Crippen LogP contribution is -2.13. The Balaban J connectivity index is 1.95. The van der Waals surface area contributed by atoms with Crippen molar-refractivity contribution in [2.45, 2.75) is 6.61 Å². The number of rotatable bonds is 6. The molecule has 2 aromatic rings. The van der Waals surface area contributed by atoms with Gasteiger partial charge in [0, 0.05) is 21.3 Å². The summed E-state index contributed by atoms with van der Waals surface area (Å²) < 4.78 is 5.68. The summed E-state index contributed by atoms with van der Waals surface area (Å²) in [5, 5.41) is 3.96. The molecule has 0 bridgehead atoms. The number of halogens is 2. The van der Waals surface area contributed by atoms with E-state index >= 15 is 0 Å². The van der Waals surface area contributed by atoms with Crippen LogP contribution in [0.1, 0.15) is 5.56 Å². The zero-order chi connectivity index (χ0) is 15.9. The van der Waals surface area contributed by atoms with E-state index in [-0.39, 0.29) is 12.5 Å². The Bertz CT molecular complexity index is 627. The third kappa shape index (κ3) is 4.83. The third-order valence-corrected chi connectivity index (χ3v) is 4.12. The Kier molecular flexibility index (Phi) is 6.43. The maximum Gasteiger partial charge on any atom is 0.234 e. The highest BCUT2D eigenvalue weighted by Gasteiger charge is 2.06. The van der Waals surface area contributed by atoms with Gasteiger partial charge < -0.3 is 10.1 Å². The number of thioether (sulfide) groups is 1. The molecule has 0 radical (unpaired) electrons. The van der Waals surface area contributed by atoms with Crippen LogP contribution in [0.25, 0.3) is 0 Å². The average Bonchev–Trinajstić information content (AvgIpc) is 2.48. The van der Waals surface area contributed by atoms with E-state index in [2.05, 4.69) is 5.32 Å². The molecule has 0 heterocycles. The van der Waals surface area contributed by atoms with Crippen molar-refractivity contribution in [3.8, 4) is 5.75 Å². The van der Waals surface area contributed by atoms with E-state index in [1.807, 2.05) is 6.26 Å². The molecule has 0 unspecified atom stereocenters. The smallest absolute Gasteiger partial charge is 0.234 e. The Morgan fingerprint density at radius 3 is 2.36 bits per heavy atom. The van der Waals surface area contributed by atoms with E-state index < -0.39 is 0 Å². The van der Waals surface area contributed by atoms with Crippen molar-refractivity contribution in [3.63, 3.8) is 0 Å². The highest BCUT2D eigenvalue weighted by Crippen LogP contribution is 2.26. The van der Waals surface area contributed by atoms with Crippen molar-refractivity contribution < 1.29 is 9.53 Å². The van der Waals surface area contributed by atoms with Gasteiger partial charge in [0.25, 0.3) is 0 Å². The van der Waals surface area contributed by atoms with Gasteiger partial charge in [-0.2, -0.15) is 11.8 Å². The quantitative estimate of drug-likeness (QED) is 0.802. The molecule has 0 aliphatic carbocycles. The summed E-state index contributed by atoms with van der Waals surface area (Å²) in [6.45, 7) is 0.288. The first-order chi connectivity index (χ1) is 10.6. The van der Waals surface area contributed by atoms with Gasteiger partial charge in [-0.3, -0.25) is 4.79 Å². The van der Waals surface area contributed by atoms with Gasteiger partial charge in [0.05, 0.1) is 5.75 Å². The number of benzene rings is 2. The summed E-state index contributed by atoms with van der Waals surface area (Å²) in [6, 6.07) is 12.5. The average molecular weight is 356 g/mol. The molecule has 0 aromatic heterocycles. The molecular weight excluding hydrogens is 341 g/mol. The topological polar surface area (TPSA) is 38.3 Å². The van der Waals surface area contributed by atoms with E-state index in [0.717, 1.165) is 11.3 Å². The van der Waals surface area contributed by atoms with Crippen molar-refractivity contribution in [3.05, 3.63) is 58.1 Å². The maximum absolute atomic E-state index is 11.5. The lowest BCUT2D eigenvalue weighted by Gasteiger charge is -2.10. The minimum absolute atomic E-state index is 0.0241. The fourth-order valence-corrected chi connectivity index (χ4v) is 2.63. The Labute approximate surface area is 144 Å². The molecule has 6 heteroatoms. The molecule has 0 spiro atoms. The van der Waals surface area contributed by atoms with Crippen LogP contribution in [0.5, 0.6) is 5.75 Å². The van der Waals surface area contributed by atoms with Crippen LogP contribution in [0.2, 0.25) is 10.0 Å². The van der Waals surface area contributed by atoms with Crippen LogP contribution in [-0.4, -0.2) is 17.9 Å². The number of hydrogen-bond donors (Lipinski definition) is 1. The minimum atomic E-state index is -0.0241. The Hall–Kier alpha value is -1.36. The maximum atomic E-state index is 11.5. The van der Waals surface area contributed by atoms with Crippen molar-refractivity contribution in [1.29, 1.82) is 0 Å². The molecule has 2 rings (SSSR count). The van der Waals surface area contributed by atoms with Crippen LogP contribution in [0.3, 0.4) is 0 Å². The molecular formula is C16H15Cl2NO2S. The molecule has 0 fully saturated rings. The third-order valence-electron chi connectivity index (χ3n) is 2.86. The zero-order valence-electron chi connectivity index (χ0n) is 11.9. The van der Waals surface area contributed by atoms with Crippen LogP contribution in [0.4, 0.5) is 5.69 Å². The van der Waals surface area contributed by atoms with Crippen molar-refractivity contribution in [2.75, 3.05) is 17.3 Å². The normalized spacial score (nSPS) is 10.3. The lowest BCUT2D eigenvalue weighted by atomic mass is 10.2. The first kappa shape index (κ1) is 17.0. The summed E-state index contributed by atoms with van der Waals surface area (Å²) in [6.07, 6.45) is 1.89. The Morgan fingerprint density at radius 2 is 1.77 bits per heavy atom. The summed E-state index contributed by atoms with van der Waals surface area (Å²) in [5.74, 6) is 1.09. The van der Waals surface area contributed by atoms with Gasteiger partial charge in [0.15, 0.2) is 0 Å². The van der Waals surface area contributed by atoms with E-state index in [9.17, 15) is 4.79 Å². The summed E-state index contributed by atoms with van der Waals surface area (Å²) in [4.78, 5) is 11.5. The van der Waals surface area contributed by atoms with E-state index in [4.69, 9.17) is 27.9 Å². The molecule has 1 amide bonds. The van der Waals surface area contributed by atoms with Gasteiger partial charge in [-0.05, 0) is 42.7 Å². The number of anilines is 1. The van der Waals surface area contributed by atoms with Crippen molar-refractivity contribution in [2.24, 2.45) is 0 Å². The second-order valence-electron chi connectivity index (χ2n) is 4.49. The second-order valence-corrected chi connectivity index (χ2v) is 6.17. The Morgan fingerprint density at radius 1 is 1.14 bits per heavy atom. The minimum Gasteiger partial charge on any atom is -0.489 e.